The van der Waals surface area contributed by atoms with Crippen molar-refractivity contribution in [1.82, 2.24) is 5.32 Å². The van der Waals surface area contributed by atoms with Gasteiger partial charge in [0.1, 0.15) is 5.54 Å². The molecule has 0 aromatic heterocycles. The van der Waals surface area contributed by atoms with Crippen molar-refractivity contribution in [3.8, 4) is 0 Å². The molecule has 0 amide bonds. The number of likely N-dealkylation sites (N-methyl/N-ethyl adjacent to an activating group) is 1. The van der Waals surface area contributed by atoms with Gasteiger partial charge in [0.15, 0.2) is 0 Å². The van der Waals surface area contributed by atoms with E-state index in [1.54, 1.807) is 6.92 Å². The lowest BCUT2D eigenvalue weighted by Gasteiger charge is -2.28. The van der Waals surface area contributed by atoms with Crippen LogP contribution in [0.1, 0.15) is 59.3 Å². The summed E-state index contributed by atoms with van der Waals surface area (Å²) >= 11 is 2.05. The molecule has 4 heteroatoms. The first-order valence-corrected chi connectivity index (χ1v) is 8.63. The van der Waals surface area contributed by atoms with Crippen molar-refractivity contribution >= 4 is 17.7 Å². The minimum absolute atomic E-state index is 0.704. The molecule has 0 aliphatic heterocycles. The molecule has 0 heterocycles. The molecule has 0 spiro atoms. The largest absolute Gasteiger partial charge is 0.480 e. The summed E-state index contributed by atoms with van der Waals surface area (Å²) < 4.78 is 0. The van der Waals surface area contributed by atoms with Gasteiger partial charge in [-0.15, -0.1) is 0 Å². The highest BCUT2D eigenvalue weighted by atomic mass is 32.2. The van der Waals surface area contributed by atoms with E-state index in [1.165, 1.54) is 25.7 Å². The van der Waals surface area contributed by atoms with E-state index in [-0.39, 0.29) is 0 Å². The first kappa shape index (κ1) is 16.8. The van der Waals surface area contributed by atoms with Crippen molar-refractivity contribution in [2.45, 2.75) is 70.1 Å². The van der Waals surface area contributed by atoms with Crippen LogP contribution in [0.3, 0.4) is 0 Å². The first-order valence-electron chi connectivity index (χ1n) is 7.58. The summed E-state index contributed by atoms with van der Waals surface area (Å²) in [6.45, 7) is 6.81. The maximum absolute atomic E-state index is 11.3. The van der Waals surface area contributed by atoms with Crippen LogP contribution in [0, 0.1) is 5.92 Å². The number of carboxylic acid groups (broad SMARTS) is 1. The Balaban J connectivity index is 2.23. The molecular weight excluding hydrogens is 258 g/mol. The van der Waals surface area contributed by atoms with Crippen LogP contribution in [0.25, 0.3) is 0 Å². The standard InChI is InChI=1S/C15H29NO2S/c1-4-16-15(3,14(17)18)9-6-10-19-13-8-5-7-12(2)11-13/h12-13,16H,4-11H2,1-3H3,(H,17,18). The predicted molar refractivity (Wildman–Crippen MR) is 82.8 cm³/mol. The Kier molecular flexibility index (Phi) is 7.22. The van der Waals surface area contributed by atoms with Gasteiger partial charge in [-0.25, -0.2) is 0 Å². The lowest BCUT2D eigenvalue weighted by atomic mass is 9.91. The van der Waals surface area contributed by atoms with Crippen molar-refractivity contribution in [3.63, 3.8) is 0 Å². The first-order chi connectivity index (χ1) is 8.98. The maximum atomic E-state index is 11.3. The third kappa shape index (κ3) is 5.74. The Labute approximate surface area is 121 Å². The van der Waals surface area contributed by atoms with Crippen LogP contribution < -0.4 is 5.32 Å². The highest BCUT2D eigenvalue weighted by Crippen LogP contribution is 2.32. The SMILES string of the molecule is CCNC(C)(CCCSC1CCCC(C)C1)C(=O)O. The summed E-state index contributed by atoms with van der Waals surface area (Å²) in [6, 6.07) is 0. The second-order valence-corrected chi connectivity index (χ2v) is 7.44. The summed E-state index contributed by atoms with van der Waals surface area (Å²) in [6.07, 6.45) is 7.13. The van der Waals surface area contributed by atoms with Crippen LogP contribution in [0.5, 0.6) is 0 Å². The van der Waals surface area contributed by atoms with Crippen molar-refractivity contribution in [2.75, 3.05) is 12.3 Å². The van der Waals surface area contributed by atoms with Gasteiger partial charge in [-0.05, 0) is 50.8 Å². The fraction of sp³-hybridized carbons (Fsp3) is 0.933. The Morgan fingerprint density at radius 3 is 2.79 bits per heavy atom. The Bertz CT molecular complexity index is 285. The predicted octanol–water partition coefficient (Wildman–Crippen LogP) is 3.53. The van der Waals surface area contributed by atoms with Gasteiger partial charge >= 0.3 is 5.97 Å². The number of hydrogen-bond acceptors (Lipinski definition) is 3. The zero-order valence-corrected chi connectivity index (χ0v) is 13.4. The lowest BCUT2D eigenvalue weighted by Crippen LogP contribution is -2.49. The Hall–Kier alpha value is -0.220. The molecule has 1 rings (SSSR count). The smallest absolute Gasteiger partial charge is 0.323 e. The van der Waals surface area contributed by atoms with Gasteiger partial charge < -0.3 is 10.4 Å². The van der Waals surface area contributed by atoms with E-state index in [0.29, 0.717) is 13.0 Å². The van der Waals surface area contributed by atoms with Crippen LogP contribution in [0.4, 0.5) is 0 Å². The zero-order chi connectivity index (χ0) is 14.3. The molecule has 112 valence electrons. The number of carbonyl (C=O) groups is 1. The van der Waals surface area contributed by atoms with Gasteiger partial charge in [-0.3, -0.25) is 4.79 Å². The number of hydrogen-bond donors (Lipinski definition) is 2. The third-order valence-electron chi connectivity index (χ3n) is 4.10. The van der Waals surface area contributed by atoms with E-state index in [9.17, 15) is 9.90 Å². The fourth-order valence-corrected chi connectivity index (χ4v) is 4.31. The van der Waals surface area contributed by atoms with E-state index in [1.807, 2.05) is 6.92 Å². The molecule has 1 saturated carbocycles. The molecule has 1 fully saturated rings. The molecule has 1 aliphatic rings. The normalized spacial score (nSPS) is 26.9. The molecule has 3 atom stereocenters. The van der Waals surface area contributed by atoms with Crippen LogP contribution in [-0.2, 0) is 4.79 Å². The van der Waals surface area contributed by atoms with Crippen molar-refractivity contribution in [1.29, 1.82) is 0 Å². The van der Waals surface area contributed by atoms with Gasteiger partial charge in [0.2, 0.25) is 0 Å². The molecule has 3 unspecified atom stereocenters. The van der Waals surface area contributed by atoms with Crippen molar-refractivity contribution < 1.29 is 9.90 Å². The van der Waals surface area contributed by atoms with Gasteiger partial charge in [-0.1, -0.05) is 26.7 Å². The molecule has 19 heavy (non-hydrogen) atoms. The number of aliphatic carboxylic acids is 1. The van der Waals surface area contributed by atoms with E-state index in [0.717, 1.165) is 23.3 Å². The second-order valence-electron chi connectivity index (χ2n) is 6.04. The zero-order valence-electron chi connectivity index (χ0n) is 12.6. The monoisotopic (exact) mass is 287 g/mol. The maximum Gasteiger partial charge on any atom is 0.323 e. The highest BCUT2D eigenvalue weighted by molar-refractivity contribution is 7.99. The minimum atomic E-state index is -0.755. The summed E-state index contributed by atoms with van der Waals surface area (Å²) in [4.78, 5) is 11.3. The summed E-state index contributed by atoms with van der Waals surface area (Å²) in [5, 5.41) is 13.2. The van der Waals surface area contributed by atoms with Crippen LogP contribution in [0.15, 0.2) is 0 Å². The topological polar surface area (TPSA) is 49.3 Å². The average Bonchev–Trinajstić information content (AvgIpc) is 2.35. The van der Waals surface area contributed by atoms with Crippen LogP contribution in [0.2, 0.25) is 0 Å². The third-order valence-corrected chi connectivity index (χ3v) is 5.53. The number of nitrogens with one attached hydrogen (secondary N) is 1. The fourth-order valence-electron chi connectivity index (χ4n) is 2.87. The van der Waals surface area contributed by atoms with E-state index in [4.69, 9.17) is 0 Å². The van der Waals surface area contributed by atoms with Gasteiger partial charge in [0.25, 0.3) is 0 Å². The summed E-state index contributed by atoms with van der Waals surface area (Å²) in [5.74, 6) is 1.23. The van der Waals surface area contributed by atoms with Gasteiger partial charge in [-0.2, -0.15) is 11.8 Å². The Morgan fingerprint density at radius 1 is 1.47 bits per heavy atom. The number of thioether (sulfide) groups is 1. The van der Waals surface area contributed by atoms with Gasteiger partial charge in [0.05, 0.1) is 0 Å². The van der Waals surface area contributed by atoms with Crippen LogP contribution in [-0.4, -0.2) is 34.2 Å². The number of carboxylic acids is 1. The number of rotatable bonds is 8. The van der Waals surface area contributed by atoms with E-state index >= 15 is 0 Å². The highest BCUT2D eigenvalue weighted by Gasteiger charge is 2.31. The molecular formula is C15H29NO2S. The van der Waals surface area contributed by atoms with Crippen LogP contribution >= 0.6 is 11.8 Å². The molecule has 2 N–H and O–H groups in total. The van der Waals surface area contributed by atoms with E-state index < -0.39 is 11.5 Å². The molecule has 0 radical (unpaired) electrons. The van der Waals surface area contributed by atoms with Crippen molar-refractivity contribution in [3.05, 3.63) is 0 Å². The molecule has 1 aliphatic carbocycles. The average molecular weight is 287 g/mol. The molecule has 0 aromatic rings. The quantitative estimate of drug-likeness (QED) is 0.671. The second kappa shape index (κ2) is 8.15. The van der Waals surface area contributed by atoms with Gasteiger partial charge in [0, 0.05) is 5.25 Å². The summed E-state index contributed by atoms with van der Waals surface area (Å²) in [5.41, 5.74) is -0.755. The summed E-state index contributed by atoms with van der Waals surface area (Å²) in [7, 11) is 0. The molecule has 0 bridgehead atoms. The molecule has 3 nitrogen and oxygen atoms in total. The lowest BCUT2D eigenvalue weighted by molar-refractivity contribution is -0.144. The van der Waals surface area contributed by atoms with E-state index in [2.05, 4.69) is 24.0 Å². The molecule has 0 aromatic carbocycles. The Morgan fingerprint density at radius 2 is 2.21 bits per heavy atom. The molecule has 0 saturated heterocycles. The minimum Gasteiger partial charge on any atom is -0.480 e. The van der Waals surface area contributed by atoms with Crippen molar-refractivity contribution in [2.24, 2.45) is 5.92 Å².